The highest BCUT2D eigenvalue weighted by Gasteiger charge is 2.10. The molecule has 0 radical (unpaired) electrons. The van der Waals surface area contributed by atoms with Crippen molar-refractivity contribution in [1.29, 1.82) is 0 Å². The van der Waals surface area contributed by atoms with Crippen molar-refractivity contribution in [2.45, 2.75) is 0 Å². The summed E-state index contributed by atoms with van der Waals surface area (Å²) in [6.07, 6.45) is 1.22. The van der Waals surface area contributed by atoms with Crippen LogP contribution in [-0.2, 0) is 4.74 Å². The summed E-state index contributed by atoms with van der Waals surface area (Å²) in [6.45, 7) is 0. The van der Waals surface area contributed by atoms with Crippen LogP contribution in [0.1, 0.15) is 10.4 Å². The fourth-order valence-corrected chi connectivity index (χ4v) is 0.859. The van der Waals surface area contributed by atoms with Crippen molar-refractivity contribution in [3.63, 3.8) is 0 Å². The minimum atomic E-state index is -0.581. The van der Waals surface area contributed by atoms with E-state index in [-0.39, 0.29) is 16.5 Å². The van der Waals surface area contributed by atoms with E-state index in [1.54, 1.807) is 0 Å². The Morgan fingerprint density at radius 1 is 1.69 bits per heavy atom. The van der Waals surface area contributed by atoms with E-state index in [1.807, 2.05) is 0 Å². The van der Waals surface area contributed by atoms with Crippen LogP contribution >= 0.6 is 11.6 Å². The molecule has 1 aromatic rings. The van der Waals surface area contributed by atoms with Crippen LogP contribution in [0.5, 0.6) is 5.75 Å². The molecule has 1 aromatic heterocycles. The van der Waals surface area contributed by atoms with Crippen molar-refractivity contribution in [2.24, 2.45) is 0 Å². The van der Waals surface area contributed by atoms with Crippen LogP contribution in [0.15, 0.2) is 12.3 Å². The van der Waals surface area contributed by atoms with Crippen LogP contribution in [0.2, 0.25) is 5.15 Å². The van der Waals surface area contributed by atoms with Gasteiger partial charge in [0, 0.05) is 12.3 Å². The van der Waals surface area contributed by atoms with Gasteiger partial charge in [0.1, 0.15) is 0 Å². The van der Waals surface area contributed by atoms with Gasteiger partial charge in [-0.15, -0.1) is 0 Å². The Labute approximate surface area is 78.8 Å². The first-order valence-corrected chi connectivity index (χ1v) is 3.62. The molecular formula is C7H6ClNO4. The topological polar surface area (TPSA) is 68.7 Å². The van der Waals surface area contributed by atoms with Crippen LogP contribution in [-0.4, -0.2) is 23.3 Å². The number of rotatable bonds is 2. The molecule has 1 N–H and O–H groups in total. The lowest BCUT2D eigenvalue weighted by molar-refractivity contribution is -0.137. The van der Waals surface area contributed by atoms with Gasteiger partial charge < -0.3 is 9.62 Å². The number of halogens is 1. The molecule has 6 heteroatoms. The number of methoxy groups -OCH3 is 1. The van der Waals surface area contributed by atoms with Gasteiger partial charge in [-0.3, -0.25) is 0 Å². The van der Waals surface area contributed by atoms with E-state index in [9.17, 15) is 4.79 Å². The zero-order valence-electron chi connectivity index (χ0n) is 6.65. The molecule has 1 heterocycles. The number of carbonyl (C=O) groups excluding carboxylic acids is 1. The monoisotopic (exact) mass is 203 g/mol. The number of esters is 1. The summed E-state index contributed by atoms with van der Waals surface area (Å²) in [7, 11) is 1.23. The Kier molecular flexibility index (Phi) is 3.05. The maximum absolute atomic E-state index is 11.0. The van der Waals surface area contributed by atoms with Crippen molar-refractivity contribution in [3.05, 3.63) is 23.0 Å². The largest absolute Gasteiger partial charge is 0.465 e. The number of ether oxygens (including phenoxy) is 1. The average Bonchev–Trinajstić information content (AvgIpc) is 2.17. The van der Waals surface area contributed by atoms with Gasteiger partial charge in [-0.25, -0.2) is 15.0 Å². The van der Waals surface area contributed by atoms with Crippen LogP contribution in [0, 0.1) is 0 Å². The van der Waals surface area contributed by atoms with E-state index in [4.69, 9.17) is 16.9 Å². The third-order valence-corrected chi connectivity index (χ3v) is 1.61. The highest BCUT2D eigenvalue weighted by molar-refractivity contribution is 6.30. The molecule has 0 aromatic carbocycles. The highest BCUT2D eigenvalue weighted by atomic mass is 35.5. The van der Waals surface area contributed by atoms with E-state index < -0.39 is 5.97 Å². The molecule has 70 valence electrons. The average molecular weight is 204 g/mol. The van der Waals surface area contributed by atoms with Gasteiger partial charge in [0.25, 0.3) is 0 Å². The predicted molar refractivity (Wildman–Crippen MR) is 43.8 cm³/mol. The smallest absolute Gasteiger partial charge is 0.339 e. The fourth-order valence-electron chi connectivity index (χ4n) is 0.721. The summed E-state index contributed by atoms with van der Waals surface area (Å²) in [4.78, 5) is 18.4. The zero-order valence-corrected chi connectivity index (χ0v) is 7.41. The number of hydrogen-bond donors (Lipinski definition) is 1. The Morgan fingerprint density at radius 2 is 2.38 bits per heavy atom. The molecule has 0 aliphatic heterocycles. The maximum Gasteiger partial charge on any atom is 0.339 e. The Morgan fingerprint density at radius 3 is 2.92 bits per heavy atom. The van der Waals surface area contributed by atoms with Crippen LogP contribution in [0.25, 0.3) is 0 Å². The highest BCUT2D eigenvalue weighted by Crippen LogP contribution is 2.22. The van der Waals surface area contributed by atoms with E-state index in [2.05, 4.69) is 14.6 Å². The van der Waals surface area contributed by atoms with Crippen LogP contribution in [0.3, 0.4) is 0 Å². The van der Waals surface area contributed by atoms with Crippen LogP contribution < -0.4 is 4.89 Å². The number of hydrogen-bond acceptors (Lipinski definition) is 5. The molecule has 0 bridgehead atoms. The Bertz CT molecular complexity index is 328. The number of pyridine rings is 1. The Balaban J connectivity index is 3.06. The molecular weight excluding hydrogens is 198 g/mol. The summed E-state index contributed by atoms with van der Waals surface area (Å²) < 4.78 is 4.42. The minimum absolute atomic E-state index is 0.0323. The molecule has 0 aliphatic rings. The van der Waals surface area contributed by atoms with Crippen LogP contribution in [0.4, 0.5) is 0 Å². The Hall–Kier alpha value is -1.33. The van der Waals surface area contributed by atoms with Gasteiger partial charge in [0.15, 0.2) is 5.15 Å². The van der Waals surface area contributed by atoms with Crippen molar-refractivity contribution in [2.75, 3.05) is 7.11 Å². The zero-order chi connectivity index (χ0) is 9.84. The van der Waals surface area contributed by atoms with Gasteiger partial charge in [0.2, 0.25) is 5.75 Å². The predicted octanol–water partition coefficient (Wildman–Crippen LogP) is 1.37. The molecule has 0 unspecified atom stereocenters. The third kappa shape index (κ3) is 2.07. The van der Waals surface area contributed by atoms with E-state index in [1.165, 1.54) is 19.4 Å². The summed E-state index contributed by atoms with van der Waals surface area (Å²) >= 11 is 5.50. The first kappa shape index (κ1) is 9.76. The molecule has 0 saturated heterocycles. The summed E-state index contributed by atoms with van der Waals surface area (Å²) in [5.74, 6) is -0.674. The second-order valence-electron chi connectivity index (χ2n) is 2.10. The lowest BCUT2D eigenvalue weighted by atomic mass is 10.3. The van der Waals surface area contributed by atoms with Crippen molar-refractivity contribution >= 4 is 17.6 Å². The quantitative estimate of drug-likeness (QED) is 0.340. The minimum Gasteiger partial charge on any atom is -0.465 e. The number of carbonyl (C=O) groups is 1. The van der Waals surface area contributed by atoms with Gasteiger partial charge in [0.05, 0.1) is 12.7 Å². The molecule has 0 amide bonds. The number of aromatic nitrogens is 1. The second kappa shape index (κ2) is 4.06. The van der Waals surface area contributed by atoms with Gasteiger partial charge >= 0.3 is 5.97 Å². The number of nitrogens with zero attached hydrogens (tertiary/aromatic N) is 1. The molecule has 0 spiro atoms. The summed E-state index contributed by atoms with van der Waals surface area (Å²) in [5.41, 5.74) is 0.149. The normalized spacial score (nSPS) is 9.46. The van der Waals surface area contributed by atoms with Crippen molar-refractivity contribution < 1.29 is 19.7 Å². The van der Waals surface area contributed by atoms with E-state index in [0.29, 0.717) is 0 Å². The lowest BCUT2D eigenvalue weighted by Crippen LogP contribution is -2.02. The van der Waals surface area contributed by atoms with Gasteiger partial charge in [-0.2, -0.15) is 0 Å². The SMILES string of the molecule is COC(=O)c1cnc(Cl)c(OO)c1. The molecule has 0 fully saturated rings. The van der Waals surface area contributed by atoms with Crippen molar-refractivity contribution in [1.82, 2.24) is 4.98 Å². The molecule has 0 saturated carbocycles. The molecule has 1 rings (SSSR count). The van der Waals surface area contributed by atoms with Gasteiger partial charge in [-0.05, 0) is 0 Å². The molecule has 0 atom stereocenters. The summed E-state index contributed by atoms with van der Waals surface area (Å²) in [5, 5.41) is 8.29. The molecule has 5 nitrogen and oxygen atoms in total. The first-order chi connectivity index (χ1) is 6.19. The third-order valence-electron chi connectivity index (χ3n) is 1.33. The van der Waals surface area contributed by atoms with E-state index in [0.717, 1.165) is 0 Å². The fraction of sp³-hybridized carbons (Fsp3) is 0.143. The molecule has 13 heavy (non-hydrogen) atoms. The molecule has 0 aliphatic carbocycles. The summed E-state index contributed by atoms with van der Waals surface area (Å²) in [6, 6.07) is 1.22. The first-order valence-electron chi connectivity index (χ1n) is 3.24. The lowest BCUT2D eigenvalue weighted by Gasteiger charge is -2.01. The standard InChI is InChI=1S/C7H6ClNO4/c1-12-7(10)4-2-5(13-11)6(8)9-3-4/h2-3,11H,1H3. The van der Waals surface area contributed by atoms with Crippen molar-refractivity contribution in [3.8, 4) is 5.75 Å². The second-order valence-corrected chi connectivity index (χ2v) is 2.45. The van der Waals surface area contributed by atoms with Gasteiger partial charge in [-0.1, -0.05) is 11.6 Å². The van der Waals surface area contributed by atoms with E-state index >= 15 is 0 Å². The maximum atomic E-state index is 11.0.